The van der Waals surface area contributed by atoms with Crippen molar-refractivity contribution in [2.45, 2.75) is 38.8 Å². The molecule has 5 heteroatoms. The second-order valence-corrected chi connectivity index (χ2v) is 16.4. The fourth-order valence-corrected chi connectivity index (χ4v) is 11.3. The van der Waals surface area contributed by atoms with Gasteiger partial charge in [0, 0.05) is 0 Å². The molecule has 0 fully saturated rings. The van der Waals surface area contributed by atoms with Crippen LogP contribution in [-0.2, 0) is 0 Å². The van der Waals surface area contributed by atoms with Crippen LogP contribution >= 0.6 is 0 Å². The molecule has 0 aliphatic rings. The second kappa shape index (κ2) is 11.4. The molecule has 0 aromatic heterocycles. The molecule has 3 aromatic carbocycles. The van der Waals surface area contributed by atoms with Crippen molar-refractivity contribution in [2.75, 3.05) is 0 Å². The van der Waals surface area contributed by atoms with E-state index in [1.807, 2.05) is 12.1 Å². The first-order valence-electron chi connectivity index (χ1n) is 10.2. The van der Waals surface area contributed by atoms with Crippen molar-refractivity contribution < 1.29 is 0 Å². The molecule has 0 spiro atoms. The van der Waals surface area contributed by atoms with Crippen LogP contribution in [0.15, 0.2) is 101 Å². The van der Waals surface area contributed by atoms with Gasteiger partial charge in [0.2, 0.25) is 0 Å². The average Bonchev–Trinajstić information content (AvgIpc) is 2.81. The van der Waals surface area contributed by atoms with E-state index in [0.29, 0.717) is 0 Å². The molecule has 0 bridgehead atoms. The van der Waals surface area contributed by atoms with E-state index in [-0.39, 0.29) is 0 Å². The Morgan fingerprint density at radius 1 is 0.548 bits per heavy atom. The Bertz CT molecular complexity index is 925. The molecule has 0 aliphatic carbocycles. The minimum atomic E-state index is -2.14. The molecular weight excluding hydrogens is 487 g/mol. The molecule has 0 saturated heterocycles. The van der Waals surface area contributed by atoms with Gasteiger partial charge in [-0.1, -0.05) is 0 Å². The van der Waals surface area contributed by atoms with Gasteiger partial charge in [-0.3, -0.25) is 0 Å². The van der Waals surface area contributed by atoms with Crippen molar-refractivity contribution in [1.29, 1.82) is 10.5 Å². The predicted octanol–water partition coefficient (Wildman–Crippen LogP) is 3.98. The molecule has 0 radical (unpaired) electrons. The van der Waals surface area contributed by atoms with Crippen molar-refractivity contribution in [3.8, 4) is 12.1 Å². The van der Waals surface area contributed by atoms with Crippen molar-refractivity contribution in [3.63, 3.8) is 0 Å². The zero-order chi connectivity index (χ0) is 22.7. The fraction of sp³-hybridized carbons (Fsp3) is 0.231. The number of nitrogens with zero attached hydrogens (tertiary/aromatic N) is 4. The summed E-state index contributed by atoms with van der Waals surface area (Å²) in [4.78, 5) is 0. The predicted molar refractivity (Wildman–Crippen MR) is 130 cm³/mol. The van der Waals surface area contributed by atoms with Gasteiger partial charge in [0.25, 0.3) is 0 Å². The van der Waals surface area contributed by atoms with Crippen LogP contribution in [-0.4, -0.2) is 30.8 Å². The quantitative estimate of drug-likeness (QED) is 0.381. The van der Waals surface area contributed by atoms with E-state index in [0.717, 1.165) is 0 Å². The Labute approximate surface area is 192 Å². The first-order chi connectivity index (χ1) is 14.8. The van der Waals surface area contributed by atoms with Crippen LogP contribution in [0.25, 0.3) is 0 Å². The zero-order valence-corrected chi connectivity index (χ0v) is 21.8. The Kier molecular flexibility index (Phi) is 8.97. The van der Waals surface area contributed by atoms with Crippen LogP contribution in [0.1, 0.15) is 27.7 Å². The summed E-state index contributed by atoms with van der Waals surface area (Å²) in [5.41, 5.74) is -1.68. The topological polar surface area (TPSA) is 72.3 Å². The zero-order valence-electron chi connectivity index (χ0n) is 18.5. The normalized spacial score (nSPS) is 11.3. The minimum absolute atomic E-state index is 0.839. The number of rotatable bonds is 5. The molecular formula is C26H28N4Sn. The summed E-state index contributed by atoms with van der Waals surface area (Å²) < 4.78 is 4.63. The molecule has 31 heavy (non-hydrogen) atoms. The molecule has 0 heterocycles. The first kappa shape index (κ1) is 24.3. The summed E-state index contributed by atoms with van der Waals surface area (Å²) in [7, 11) is 0. The maximum absolute atomic E-state index is 8.58. The van der Waals surface area contributed by atoms with E-state index >= 15 is 0 Å². The van der Waals surface area contributed by atoms with Crippen molar-refractivity contribution in [2.24, 2.45) is 10.2 Å². The number of nitriles is 2. The SMILES string of the molecule is CC(C)(C#N)N=NC(C)(C)C#N.c1cc[c]([SnH]([c]2ccccc2)[c]2ccccc2)cc1. The monoisotopic (exact) mass is 516 g/mol. The number of azo groups is 1. The molecule has 4 nitrogen and oxygen atoms in total. The van der Waals surface area contributed by atoms with Gasteiger partial charge in [-0.2, -0.15) is 20.8 Å². The third kappa shape index (κ3) is 8.00. The molecule has 3 aromatic rings. The van der Waals surface area contributed by atoms with Crippen molar-refractivity contribution >= 4 is 30.5 Å². The number of hydrogen-bond donors (Lipinski definition) is 0. The Morgan fingerprint density at radius 2 is 0.806 bits per heavy atom. The molecule has 156 valence electrons. The molecule has 0 saturated carbocycles. The average molecular weight is 515 g/mol. The van der Waals surface area contributed by atoms with Crippen molar-refractivity contribution in [1.82, 2.24) is 0 Å². The Balaban J connectivity index is 0.000000248. The van der Waals surface area contributed by atoms with Crippen LogP contribution in [0.3, 0.4) is 0 Å². The first-order valence-corrected chi connectivity index (χ1v) is 15.1. The van der Waals surface area contributed by atoms with Crippen LogP contribution in [0, 0.1) is 22.7 Å². The van der Waals surface area contributed by atoms with Crippen LogP contribution < -0.4 is 10.7 Å². The molecule has 0 N–H and O–H groups in total. The van der Waals surface area contributed by atoms with Gasteiger partial charge < -0.3 is 0 Å². The maximum atomic E-state index is 8.58. The molecule has 0 unspecified atom stereocenters. The van der Waals surface area contributed by atoms with Gasteiger partial charge in [0.15, 0.2) is 11.1 Å². The molecule has 0 amide bonds. The van der Waals surface area contributed by atoms with Crippen LogP contribution in [0.5, 0.6) is 0 Å². The Hall–Kier alpha value is -2.96. The molecule has 0 aliphatic heterocycles. The third-order valence-corrected chi connectivity index (χ3v) is 13.5. The summed E-state index contributed by atoms with van der Waals surface area (Å²) >= 11 is -2.14. The van der Waals surface area contributed by atoms with Gasteiger partial charge in [0.1, 0.15) is 0 Å². The van der Waals surface area contributed by atoms with Gasteiger partial charge in [-0.15, -0.1) is 0 Å². The number of benzene rings is 3. The summed E-state index contributed by atoms with van der Waals surface area (Å²) in [5.74, 6) is 0. The van der Waals surface area contributed by atoms with E-state index in [1.54, 1.807) is 38.4 Å². The van der Waals surface area contributed by atoms with E-state index in [9.17, 15) is 0 Å². The summed E-state index contributed by atoms with van der Waals surface area (Å²) in [6.45, 7) is 6.57. The third-order valence-electron chi connectivity index (χ3n) is 4.50. The van der Waals surface area contributed by atoms with E-state index in [4.69, 9.17) is 10.5 Å². The Morgan fingerprint density at radius 3 is 1.03 bits per heavy atom. The van der Waals surface area contributed by atoms with E-state index in [2.05, 4.69) is 101 Å². The fourth-order valence-electron chi connectivity index (χ4n) is 2.81. The summed E-state index contributed by atoms with van der Waals surface area (Å²) in [5, 5.41) is 24.7. The molecule has 3 rings (SSSR count). The number of hydrogen-bond acceptors (Lipinski definition) is 4. The van der Waals surface area contributed by atoms with Gasteiger partial charge in [-0.25, -0.2) is 0 Å². The second-order valence-electron chi connectivity index (χ2n) is 8.21. The van der Waals surface area contributed by atoms with Gasteiger partial charge in [0.05, 0.1) is 12.1 Å². The van der Waals surface area contributed by atoms with E-state index in [1.165, 1.54) is 0 Å². The molecule has 0 atom stereocenters. The summed E-state index contributed by atoms with van der Waals surface area (Å²) in [6.07, 6.45) is 0. The summed E-state index contributed by atoms with van der Waals surface area (Å²) in [6, 6.07) is 36.9. The standard InChI is InChI=1S/C8H12N4.3C6H5.Sn.H/c1-7(2,5-9)11-12-8(3,4)6-10;3*1-2-4-6-5-3-1;;/h1-4H3;3*1-5H;;. The van der Waals surface area contributed by atoms with E-state index < -0.39 is 30.8 Å². The van der Waals surface area contributed by atoms with Crippen molar-refractivity contribution in [3.05, 3.63) is 91.0 Å². The van der Waals surface area contributed by atoms with Crippen LogP contribution in [0.4, 0.5) is 0 Å². The van der Waals surface area contributed by atoms with Gasteiger partial charge >= 0.3 is 121 Å². The van der Waals surface area contributed by atoms with Crippen LogP contribution in [0.2, 0.25) is 0 Å². The van der Waals surface area contributed by atoms with Gasteiger partial charge in [-0.05, 0) is 27.7 Å².